The van der Waals surface area contributed by atoms with Crippen LogP contribution in [-0.2, 0) is 0 Å². The smallest absolute Gasteiger partial charge is 0.0426 e. The third-order valence-corrected chi connectivity index (χ3v) is 4.74. The van der Waals surface area contributed by atoms with Gasteiger partial charge in [-0.2, -0.15) is 0 Å². The van der Waals surface area contributed by atoms with Gasteiger partial charge in [0.05, 0.1) is 0 Å². The van der Waals surface area contributed by atoms with Crippen molar-refractivity contribution in [2.24, 2.45) is 10.7 Å². The molecule has 2 aromatic carbocycles. The number of nitrogens with one attached hydrogen (secondary N) is 1. The van der Waals surface area contributed by atoms with Crippen LogP contribution in [0.1, 0.15) is 16.7 Å². The van der Waals surface area contributed by atoms with Crippen molar-refractivity contribution < 1.29 is 0 Å². The van der Waals surface area contributed by atoms with Gasteiger partial charge < -0.3 is 16.5 Å². The molecule has 0 saturated carbocycles. The van der Waals surface area contributed by atoms with E-state index in [0.717, 1.165) is 20.1 Å². The number of nitrogens with two attached hydrogens (primary N) is 1. The fourth-order valence-electron chi connectivity index (χ4n) is 2.33. The average Bonchev–Trinajstić information content (AvgIpc) is 2.67. The zero-order valence-corrected chi connectivity index (χ0v) is 16.8. The number of amidine groups is 1. The number of halogens is 2. The summed E-state index contributed by atoms with van der Waals surface area (Å²) < 4.78 is 1.93. The van der Waals surface area contributed by atoms with E-state index in [1.165, 1.54) is 0 Å². The van der Waals surface area contributed by atoms with E-state index in [-0.39, 0.29) is 5.84 Å². The van der Waals surface area contributed by atoms with Gasteiger partial charge in [0.2, 0.25) is 0 Å². The van der Waals surface area contributed by atoms with E-state index in [4.69, 9.17) is 11.5 Å². The third-order valence-electron chi connectivity index (χ3n) is 3.69. The lowest BCUT2D eigenvalue weighted by molar-refractivity contribution is 1.31. The quantitative estimate of drug-likeness (QED) is 0.293. The minimum Gasteiger partial charge on any atom is -0.482 e. The minimum absolute atomic E-state index is 0.107. The Morgan fingerprint density at radius 3 is 1.96 bits per heavy atom. The molecule has 26 heavy (non-hydrogen) atoms. The van der Waals surface area contributed by atoms with Gasteiger partial charge in [0.15, 0.2) is 0 Å². The van der Waals surface area contributed by atoms with E-state index in [1.807, 2.05) is 48.5 Å². The number of benzene rings is 2. The van der Waals surface area contributed by atoms with E-state index in [2.05, 4.69) is 41.8 Å². The summed E-state index contributed by atoms with van der Waals surface area (Å²) in [6, 6.07) is 19.0. The number of hydrogen-bond donors (Lipinski definition) is 1. The van der Waals surface area contributed by atoms with Crippen LogP contribution < -0.4 is 5.73 Å². The highest BCUT2D eigenvalue weighted by molar-refractivity contribution is 9.10. The third kappa shape index (κ3) is 4.39. The van der Waals surface area contributed by atoms with Gasteiger partial charge in [-0.25, -0.2) is 0 Å². The molecule has 0 atom stereocenters. The van der Waals surface area contributed by atoms with Gasteiger partial charge in [-0.15, -0.1) is 0 Å². The van der Waals surface area contributed by atoms with Gasteiger partial charge in [0.1, 0.15) is 0 Å². The lowest BCUT2D eigenvalue weighted by Gasteiger charge is -2.18. The molecule has 0 bridgehead atoms. The van der Waals surface area contributed by atoms with Gasteiger partial charge in [0.25, 0.3) is 0 Å². The van der Waals surface area contributed by atoms with E-state index in [9.17, 15) is 0 Å². The molecule has 0 saturated heterocycles. The minimum atomic E-state index is 0.107. The monoisotopic (exact) mass is 469 g/mol. The molecule has 6 heteroatoms. The van der Waals surface area contributed by atoms with Crippen LogP contribution in [0.4, 0.5) is 0 Å². The second-order valence-electron chi connectivity index (χ2n) is 5.48. The van der Waals surface area contributed by atoms with Gasteiger partial charge in [-0.3, -0.25) is 4.98 Å². The van der Waals surface area contributed by atoms with E-state index >= 15 is 0 Å². The SMILES string of the molecule is [NH-]C(=N/C(=C(\N)c1ccc(Br)cc1)c1ccc(Br)cc1)c1cccnc1. The molecule has 0 amide bonds. The topological polar surface area (TPSA) is 75.1 Å². The Morgan fingerprint density at radius 2 is 1.42 bits per heavy atom. The second kappa shape index (κ2) is 8.29. The van der Waals surface area contributed by atoms with Crippen molar-refractivity contribution in [3.63, 3.8) is 0 Å². The summed E-state index contributed by atoms with van der Waals surface area (Å²) >= 11 is 6.87. The summed E-state index contributed by atoms with van der Waals surface area (Å²) in [4.78, 5) is 8.57. The molecule has 0 aliphatic rings. The molecule has 130 valence electrons. The largest absolute Gasteiger partial charge is 0.482 e. The summed E-state index contributed by atoms with van der Waals surface area (Å²) in [5.74, 6) is 0.107. The molecule has 3 rings (SSSR count). The Hall–Kier alpha value is -2.44. The Kier molecular flexibility index (Phi) is 5.85. The molecule has 0 aliphatic heterocycles. The van der Waals surface area contributed by atoms with E-state index < -0.39 is 0 Å². The van der Waals surface area contributed by atoms with Crippen molar-refractivity contribution in [1.82, 2.24) is 4.98 Å². The maximum Gasteiger partial charge on any atom is 0.0426 e. The van der Waals surface area contributed by atoms with Crippen molar-refractivity contribution in [3.8, 4) is 0 Å². The second-order valence-corrected chi connectivity index (χ2v) is 7.31. The van der Waals surface area contributed by atoms with Crippen molar-refractivity contribution in [2.45, 2.75) is 0 Å². The molecular weight excluding hydrogens is 456 g/mol. The molecule has 0 radical (unpaired) electrons. The van der Waals surface area contributed by atoms with Crippen molar-refractivity contribution in [1.29, 1.82) is 0 Å². The fraction of sp³-hybridized carbons (Fsp3) is 0. The zero-order valence-electron chi connectivity index (χ0n) is 13.7. The Morgan fingerprint density at radius 1 is 0.846 bits per heavy atom. The molecule has 3 N–H and O–H groups in total. The Balaban J connectivity index is 2.14. The summed E-state index contributed by atoms with van der Waals surface area (Å²) in [6.45, 7) is 0. The first-order valence-corrected chi connectivity index (χ1v) is 9.35. The maximum atomic E-state index is 8.33. The van der Waals surface area contributed by atoms with Crippen LogP contribution in [0.5, 0.6) is 0 Å². The van der Waals surface area contributed by atoms with Crippen LogP contribution in [0, 0.1) is 0 Å². The van der Waals surface area contributed by atoms with Crippen LogP contribution >= 0.6 is 31.9 Å². The molecule has 3 aromatic rings. The molecule has 0 spiro atoms. The first-order valence-electron chi connectivity index (χ1n) is 7.77. The van der Waals surface area contributed by atoms with Gasteiger partial charge >= 0.3 is 0 Å². The molecule has 0 fully saturated rings. The Bertz CT molecular complexity index is 947. The van der Waals surface area contributed by atoms with Crippen molar-refractivity contribution >= 4 is 49.1 Å². The Labute approximate surface area is 168 Å². The molecule has 1 aromatic heterocycles. The van der Waals surface area contributed by atoms with Crippen LogP contribution in [0.2, 0.25) is 0 Å². The lowest BCUT2D eigenvalue weighted by atomic mass is 10.1. The zero-order chi connectivity index (χ0) is 18.5. The molecule has 4 nitrogen and oxygen atoms in total. The van der Waals surface area contributed by atoms with E-state index in [1.54, 1.807) is 24.5 Å². The molecule has 1 heterocycles. The van der Waals surface area contributed by atoms with Gasteiger partial charge in [0, 0.05) is 27.0 Å². The summed E-state index contributed by atoms with van der Waals surface area (Å²) in [6.07, 6.45) is 3.28. The van der Waals surface area contributed by atoms with Crippen LogP contribution in [0.3, 0.4) is 0 Å². The maximum absolute atomic E-state index is 8.33. The highest BCUT2D eigenvalue weighted by Gasteiger charge is 2.05. The average molecular weight is 471 g/mol. The molecular formula is C20H15Br2N4-. The van der Waals surface area contributed by atoms with Crippen molar-refractivity contribution in [3.05, 3.63) is 104 Å². The summed E-state index contributed by atoms with van der Waals surface area (Å²) in [5, 5.41) is 0. The number of pyridine rings is 1. The first-order chi connectivity index (χ1) is 12.5. The standard InChI is InChI=1S/C20H15Br2N4/c21-16-7-3-13(4-8-16)18(23)19(14-5-9-17(22)10-6-14)26-20(24)15-2-1-11-25-12-15/h1-12H,23H2,(H-,24,26)/q-1/b19-18-. The number of hydrogen-bond acceptors (Lipinski definition) is 3. The number of aliphatic imine (C=N–C) groups is 1. The molecule has 0 aliphatic carbocycles. The molecule has 0 unspecified atom stereocenters. The number of nitrogens with zero attached hydrogens (tertiary/aromatic N) is 2. The van der Waals surface area contributed by atoms with Crippen molar-refractivity contribution in [2.75, 3.05) is 0 Å². The number of aromatic nitrogens is 1. The van der Waals surface area contributed by atoms with Crippen LogP contribution in [0.15, 0.2) is 87.0 Å². The number of rotatable bonds is 4. The highest BCUT2D eigenvalue weighted by Crippen LogP contribution is 2.27. The van der Waals surface area contributed by atoms with E-state index in [0.29, 0.717) is 17.0 Å². The summed E-state index contributed by atoms with van der Waals surface area (Å²) in [5.41, 5.74) is 18.1. The van der Waals surface area contributed by atoms with Gasteiger partial charge in [-0.05, 0) is 52.7 Å². The highest BCUT2D eigenvalue weighted by atomic mass is 79.9. The predicted molar refractivity (Wildman–Crippen MR) is 114 cm³/mol. The summed E-state index contributed by atoms with van der Waals surface area (Å²) in [7, 11) is 0. The lowest BCUT2D eigenvalue weighted by Crippen LogP contribution is -2.03. The predicted octanol–water partition coefficient (Wildman–Crippen LogP) is 5.89. The van der Waals surface area contributed by atoms with Crippen LogP contribution in [-0.4, -0.2) is 10.8 Å². The first kappa shape index (κ1) is 18.4. The van der Waals surface area contributed by atoms with Gasteiger partial charge in [-0.1, -0.05) is 68.0 Å². The van der Waals surface area contributed by atoms with Crippen LogP contribution in [0.25, 0.3) is 17.1 Å². The normalized spacial score (nSPS) is 12.6. The fourth-order valence-corrected chi connectivity index (χ4v) is 2.86.